The van der Waals surface area contributed by atoms with Crippen LogP contribution in [0.25, 0.3) is 5.69 Å². The molecule has 3 aromatic rings. The van der Waals surface area contributed by atoms with Gasteiger partial charge in [-0.2, -0.15) is 14.1 Å². The minimum atomic E-state index is -3.82. The van der Waals surface area contributed by atoms with E-state index in [1.54, 1.807) is 69.0 Å². The standard InChI is InChI=1S/C21H24B2IN4O7PS/c1-10-5-12(28-21(30)25-20(29)17(26-28)19(22)36)6-11(2)18(10)33-13-3-4-15(34-23)16(7-13)37(31,32)27-8-14(9-27)35-24/h3-7,14,19H,8-9,22-23,36H2,1-2H3,(H,25,29,30). The lowest BCUT2D eigenvalue weighted by molar-refractivity contribution is 0.117. The highest BCUT2D eigenvalue weighted by Crippen LogP contribution is 2.36. The second-order valence-corrected chi connectivity index (χ2v) is 12.1. The number of sulfonamides is 1. The van der Waals surface area contributed by atoms with Crippen LogP contribution in [0.15, 0.2) is 44.8 Å². The Morgan fingerprint density at radius 2 is 1.84 bits per heavy atom. The van der Waals surface area contributed by atoms with Gasteiger partial charge >= 0.3 is 13.7 Å². The highest BCUT2D eigenvalue weighted by atomic mass is 127. The van der Waals surface area contributed by atoms with Crippen molar-refractivity contribution in [3.05, 3.63) is 68.0 Å². The van der Waals surface area contributed by atoms with Gasteiger partial charge in [0.1, 0.15) is 58.7 Å². The van der Waals surface area contributed by atoms with E-state index in [0.717, 1.165) is 4.68 Å². The van der Waals surface area contributed by atoms with Crippen molar-refractivity contribution in [1.82, 2.24) is 19.1 Å². The molecule has 11 nitrogen and oxygen atoms in total. The number of nitrogens with zero attached hydrogens (tertiary/aromatic N) is 3. The van der Waals surface area contributed by atoms with Crippen molar-refractivity contribution < 1.29 is 20.9 Å². The first-order valence-electron chi connectivity index (χ1n) is 11.2. The van der Waals surface area contributed by atoms with Gasteiger partial charge < -0.3 is 12.5 Å². The Bertz CT molecular complexity index is 1550. The average molecular weight is 656 g/mol. The Morgan fingerprint density at radius 1 is 1.19 bits per heavy atom. The molecule has 0 radical (unpaired) electrons. The zero-order valence-electron chi connectivity index (χ0n) is 20.5. The first-order chi connectivity index (χ1) is 17.5. The van der Waals surface area contributed by atoms with E-state index >= 15 is 0 Å². The molecule has 16 heteroatoms. The summed E-state index contributed by atoms with van der Waals surface area (Å²) in [6.07, 6.45) is -0.149. The first-order valence-corrected chi connectivity index (χ1v) is 14.2. The van der Waals surface area contributed by atoms with E-state index < -0.39 is 21.3 Å². The number of hydrogen-bond donors (Lipinski definition) is 1. The molecule has 2 unspecified atom stereocenters. The van der Waals surface area contributed by atoms with Crippen molar-refractivity contribution in [3.63, 3.8) is 0 Å². The quantitative estimate of drug-likeness (QED) is 0.211. The van der Waals surface area contributed by atoms with Crippen LogP contribution in [0.1, 0.15) is 22.4 Å². The molecular weight excluding hydrogens is 632 g/mol. The molecule has 1 aromatic heterocycles. The van der Waals surface area contributed by atoms with Gasteiger partial charge in [-0.05, 0) is 54.8 Å². The molecule has 0 aliphatic carbocycles. The minimum absolute atomic E-state index is 0.00517. The molecule has 0 bridgehead atoms. The normalized spacial score (nSPS) is 15.2. The maximum Gasteiger partial charge on any atom is 0.349 e. The second-order valence-electron chi connectivity index (χ2n) is 8.70. The number of ether oxygens (including phenoxy) is 1. The summed E-state index contributed by atoms with van der Waals surface area (Å²) in [4.78, 5) is 26.8. The molecule has 2 atom stereocenters. The molecular formula is C21H24B2IN4O7PS. The van der Waals surface area contributed by atoms with Crippen LogP contribution in [0.3, 0.4) is 0 Å². The van der Waals surface area contributed by atoms with Gasteiger partial charge in [0.05, 0.1) is 11.8 Å². The lowest BCUT2D eigenvalue weighted by Crippen LogP contribution is -2.53. The molecule has 2 heterocycles. The van der Waals surface area contributed by atoms with Crippen LogP contribution in [0.5, 0.6) is 17.2 Å². The zero-order valence-corrected chi connectivity index (χ0v) is 24.6. The van der Waals surface area contributed by atoms with Gasteiger partial charge in [0.2, 0.25) is 10.0 Å². The number of aromatic amines is 1. The van der Waals surface area contributed by atoms with Crippen LogP contribution in [0.2, 0.25) is 0 Å². The van der Waals surface area contributed by atoms with Gasteiger partial charge in [-0.3, -0.25) is 9.78 Å². The lowest BCUT2D eigenvalue weighted by atomic mass is 10.0. The van der Waals surface area contributed by atoms with E-state index in [0.29, 0.717) is 28.3 Å². The van der Waals surface area contributed by atoms with E-state index in [1.807, 2.05) is 0 Å². The van der Waals surface area contributed by atoms with Gasteiger partial charge in [0.25, 0.3) is 5.56 Å². The van der Waals surface area contributed by atoms with Crippen LogP contribution in [0.4, 0.5) is 0 Å². The minimum Gasteiger partial charge on any atom is -0.567 e. The molecule has 194 valence electrons. The second kappa shape index (κ2) is 10.9. The summed E-state index contributed by atoms with van der Waals surface area (Å²) in [6, 6.07) is 8.01. The number of hydrogen-bond acceptors (Lipinski definition) is 8. The third-order valence-corrected chi connectivity index (χ3v) is 8.78. The third-order valence-electron chi connectivity index (χ3n) is 5.89. The Kier molecular flexibility index (Phi) is 8.19. The van der Waals surface area contributed by atoms with E-state index in [1.165, 1.54) is 18.4 Å². The van der Waals surface area contributed by atoms with Crippen molar-refractivity contribution >= 4 is 58.2 Å². The van der Waals surface area contributed by atoms with Gasteiger partial charge in [0.15, 0.2) is 0 Å². The number of halogens is 1. The van der Waals surface area contributed by atoms with E-state index in [2.05, 4.69) is 19.3 Å². The highest BCUT2D eigenvalue weighted by Gasteiger charge is 2.39. The van der Waals surface area contributed by atoms with Crippen LogP contribution in [-0.4, -0.2) is 62.6 Å². The molecule has 0 amide bonds. The Labute approximate surface area is 231 Å². The molecule has 37 heavy (non-hydrogen) atoms. The largest absolute Gasteiger partial charge is 0.567 e. The van der Waals surface area contributed by atoms with E-state index in [4.69, 9.17) is 12.5 Å². The summed E-state index contributed by atoms with van der Waals surface area (Å²) in [5.41, 5.74) is 0.595. The summed E-state index contributed by atoms with van der Waals surface area (Å²) in [7, 11) is 1.86. The zero-order chi connectivity index (χ0) is 27.1. The van der Waals surface area contributed by atoms with E-state index in [-0.39, 0.29) is 41.1 Å². The number of aryl methyl sites for hydroxylation is 2. The predicted octanol–water partition coefficient (Wildman–Crippen LogP) is 0.503. The van der Waals surface area contributed by atoms with Crippen molar-refractivity contribution in [3.8, 4) is 22.9 Å². The van der Waals surface area contributed by atoms with Gasteiger partial charge in [-0.25, -0.2) is 13.2 Å². The maximum absolute atomic E-state index is 13.2. The third kappa shape index (κ3) is 5.51. The fourth-order valence-corrected chi connectivity index (χ4v) is 6.14. The molecule has 2 aromatic carbocycles. The smallest absolute Gasteiger partial charge is 0.349 e. The number of aromatic nitrogens is 3. The molecule has 0 spiro atoms. The van der Waals surface area contributed by atoms with Crippen molar-refractivity contribution in [2.75, 3.05) is 13.1 Å². The molecule has 1 fully saturated rings. The fraction of sp³-hybridized carbons (Fsp3) is 0.286. The number of benzene rings is 2. The van der Waals surface area contributed by atoms with E-state index in [9.17, 15) is 18.0 Å². The summed E-state index contributed by atoms with van der Waals surface area (Å²) in [5.74, 6) is 1.01. The fourth-order valence-electron chi connectivity index (χ4n) is 3.93. The number of nitrogens with one attached hydrogen (secondary N) is 1. The Hall–Kier alpha value is -2.19. The molecule has 4 rings (SSSR count). The monoisotopic (exact) mass is 656 g/mol. The molecule has 1 aliphatic rings. The van der Waals surface area contributed by atoms with Crippen LogP contribution >= 0.6 is 32.2 Å². The van der Waals surface area contributed by atoms with Gasteiger partial charge in [-0.15, -0.1) is 9.24 Å². The lowest BCUT2D eigenvalue weighted by Gasteiger charge is -2.36. The molecule has 1 aliphatic heterocycles. The summed E-state index contributed by atoms with van der Waals surface area (Å²) < 4.78 is 45.4. The SMILES string of the molecule is BOc1ccc(Oc2c(C)cc(-n3nc(C(B)P)c(=O)[nH]c3=O)cc2C)cc1S(=O)(=O)N1CC(OI)C1. The molecule has 1 saturated heterocycles. The number of rotatable bonds is 8. The Balaban J connectivity index is 1.69. The van der Waals surface area contributed by atoms with Gasteiger partial charge in [-0.1, -0.05) is 0 Å². The average Bonchev–Trinajstić information content (AvgIpc) is 2.80. The van der Waals surface area contributed by atoms with Crippen molar-refractivity contribution in [2.24, 2.45) is 0 Å². The number of H-pyrrole nitrogens is 1. The Morgan fingerprint density at radius 3 is 2.41 bits per heavy atom. The van der Waals surface area contributed by atoms with Crippen LogP contribution in [-0.2, 0) is 13.1 Å². The predicted molar refractivity (Wildman–Crippen MR) is 154 cm³/mol. The highest BCUT2D eigenvalue weighted by molar-refractivity contribution is 14.1. The van der Waals surface area contributed by atoms with Crippen molar-refractivity contribution in [1.29, 1.82) is 0 Å². The van der Waals surface area contributed by atoms with Gasteiger partial charge in [0, 0.05) is 19.2 Å². The summed E-state index contributed by atoms with van der Waals surface area (Å²) in [6.45, 7) is 4.11. The summed E-state index contributed by atoms with van der Waals surface area (Å²) in [5, 5.41) is 4.24. The topological polar surface area (TPSA) is 133 Å². The molecule has 1 N–H and O–H groups in total. The first kappa shape index (κ1) is 27.8. The molecule has 0 saturated carbocycles. The summed E-state index contributed by atoms with van der Waals surface area (Å²) >= 11 is 1.76. The van der Waals surface area contributed by atoms with Crippen LogP contribution in [0, 0.1) is 13.8 Å². The maximum atomic E-state index is 13.2. The van der Waals surface area contributed by atoms with Crippen LogP contribution < -0.4 is 20.6 Å². The van der Waals surface area contributed by atoms with Crippen molar-refractivity contribution in [2.45, 2.75) is 30.4 Å².